The molecule has 0 spiro atoms. The van der Waals surface area contributed by atoms with Crippen LogP contribution in [-0.2, 0) is 14.5 Å². The molecule has 0 aliphatic carbocycles. The van der Waals surface area contributed by atoms with Crippen molar-refractivity contribution in [1.82, 2.24) is 21.1 Å². The fraction of sp³-hybridized carbons (Fsp3) is 0.632. The van der Waals surface area contributed by atoms with E-state index in [1.54, 1.807) is 13.1 Å². The summed E-state index contributed by atoms with van der Waals surface area (Å²) in [5.74, 6) is 0.660. The minimum absolute atomic E-state index is 0.103. The van der Waals surface area contributed by atoms with Crippen molar-refractivity contribution in [1.29, 1.82) is 0 Å². The Morgan fingerprint density at radius 1 is 1.17 bits per heavy atom. The molecule has 1 amide bonds. The van der Waals surface area contributed by atoms with Gasteiger partial charge in [0.05, 0.1) is 17.5 Å². The molecule has 1 atom stereocenters. The fourth-order valence-corrected chi connectivity index (χ4v) is 4.35. The number of amides is 1. The van der Waals surface area contributed by atoms with Crippen molar-refractivity contribution in [3.63, 3.8) is 0 Å². The fourth-order valence-electron chi connectivity index (χ4n) is 4.35. The molecule has 4 heterocycles. The number of hydrogen-bond acceptors (Lipinski definition) is 9. The lowest BCUT2D eigenvalue weighted by molar-refractivity contribution is -0.376. The number of piperidine rings is 1. The molecule has 0 saturated carbocycles. The predicted molar refractivity (Wildman–Crippen MR) is 102 cm³/mol. The van der Waals surface area contributed by atoms with E-state index in [-0.39, 0.29) is 17.6 Å². The molecule has 0 aromatic heterocycles. The van der Waals surface area contributed by atoms with Crippen molar-refractivity contribution in [3.05, 3.63) is 17.9 Å². The standard InChI is InChI=1S/C19H26FN5O5/c1-21-19(26)12-2-5-23(6-3-12)13-10-24(11-13)15-9-17-16(8-14(15)20)29-25(30-17)18-4-7-27-22-28-18/h8-9,12-13,18,22H,2-7,10-11H2,1H3,(H,21,26). The SMILES string of the molecule is CNC(=O)C1CCN(C2CN(c3cc4c(cc3F)ON(C3CCONO3)O4)C2)CC1. The van der Waals surface area contributed by atoms with Gasteiger partial charge in [0.1, 0.15) is 0 Å². The highest BCUT2D eigenvalue weighted by atomic mass is 19.1. The third-order valence-electron chi connectivity index (χ3n) is 6.20. The van der Waals surface area contributed by atoms with Gasteiger partial charge in [-0.25, -0.2) is 4.39 Å². The first-order valence-corrected chi connectivity index (χ1v) is 10.3. The second-order valence-electron chi connectivity index (χ2n) is 7.99. The number of carbonyl (C=O) groups is 1. The number of hydrogen-bond donors (Lipinski definition) is 2. The van der Waals surface area contributed by atoms with Crippen molar-refractivity contribution in [3.8, 4) is 11.5 Å². The van der Waals surface area contributed by atoms with Gasteiger partial charge in [-0.05, 0) is 25.9 Å². The van der Waals surface area contributed by atoms with Crippen LogP contribution in [0.5, 0.6) is 11.5 Å². The summed E-state index contributed by atoms with van der Waals surface area (Å²) in [6, 6.07) is 3.39. The zero-order chi connectivity index (χ0) is 20.7. The first kappa shape index (κ1) is 19.8. The van der Waals surface area contributed by atoms with E-state index in [0.29, 0.717) is 36.3 Å². The van der Waals surface area contributed by atoms with Crippen LogP contribution >= 0.6 is 0 Å². The zero-order valence-electron chi connectivity index (χ0n) is 16.8. The Hall–Kier alpha value is -2.18. The lowest BCUT2D eigenvalue weighted by Gasteiger charge is -2.48. The van der Waals surface area contributed by atoms with Crippen LogP contribution in [0.25, 0.3) is 0 Å². The molecule has 1 aromatic rings. The van der Waals surface area contributed by atoms with E-state index in [2.05, 4.69) is 15.9 Å². The molecule has 164 valence electrons. The zero-order valence-corrected chi connectivity index (χ0v) is 16.8. The Balaban J connectivity index is 1.17. The van der Waals surface area contributed by atoms with Gasteiger partial charge in [0.2, 0.25) is 12.1 Å². The molecule has 30 heavy (non-hydrogen) atoms. The largest absolute Gasteiger partial charge is 0.366 e. The first-order valence-electron chi connectivity index (χ1n) is 10.3. The number of halogens is 1. The molecule has 1 unspecified atom stereocenters. The molecule has 10 nitrogen and oxygen atoms in total. The summed E-state index contributed by atoms with van der Waals surface area (Å²) in [5.41, 5.74) is 2.84. The van der Waals surface area contributed by atoms with Gasteiger partial charge in [-0.15, -0.1) is 0 Å². The van der Waals surface area contributed by atoms with E-state index in [1.165, 1.54) is 11.3 Å². The van der Waals surface area contributed by atoms with E-state index in [0.717, 1.165) is 39.0 Å². The van der Waals surface area contributed by atoms with Crippen LogP contribution in [0.2, 0.25) is 0 Å². The van der Waals surface area contributed by atoms with Crippen LogP contribution in [-0.4, -0.2) is 68.1 Å². The summed E-state index contributed by atoms with van der Waals surface area (Å²) in [4.78, 5) is 37.6. The second-order valence-corrected chi connectivity index (χ2v) is 7.99. The number of carbonyl (C=O) groups excluding carboxylic acids is 1. The van der Waals surface area contributed by atoms with Gasteiger partial charge in [0.25, 0.3) is 0 Å². The van der Waals surface area contributed by atoms with Crippen molar-refractivity contribution >= 4 is 11.6 Å². The van der Waals surface area contributed by atoms with Gasteiger partial charge in [-0.1, -0.05) is 5.64 Å². The maximum Gasteiger partial charge on any atom is 0.222 e. The molecule has 0 bridgehead atoms. The molecule has 4 aliphatic heterocycles. The second kappa shape index (κ2) is 8.16. The Bertz CT molecular complexity index is 794. The first-order chi connectivity index (χ1) is 14.6. The number of benzene rings is 1. The van der Waals surface area contributed by atoms with Crippen LogP contribution in [0.3, 0.4) is 0 Å². The smallest absolute Gasteiger partial charge is 0.222 e. The highest BCUT2D eigenvalue weighted by Gasteiger charge is 2.38. The average molecular weight is 423 g/mol. The van der Waals surface area contributed by atoms with E-state index in [1.807, 2.05) is 4.90 Å². The number of likely N-dealkylation sites (tertiary alicyclic amines) is 1. The van der Waals surface area contributed by atoms with Crippen molar-refractivity contribution in [2.45, 2.75) is 31.5 Å². The lowest BCUT2D eigenvalue weighted by atomic mass is 9.93. The number of anilines is 1. The summed E-state index contributed by atoms with van der Waals surface area (Å²) in [5, 5.41) is 3.94. The van der Waals surface area contributed by atoms with Crippen LogP contribution < -0.4 is 25.5 Å². The number of fused-ring (bicyclic) bond motifs is 1. The van der Waals surface area contributed by atoms with Gasteiger partial charge in [-0.3, -0.25) is 19.4 Å². The molecular formula is C19H26FN5O5. The third kappa shape index (κ3) is 3.67. The van der Waals surface area contributed by atoms with E-state index in [4.69, 9.17) is 19.4 Å². The summed E-state index contributed by atoms with van der Waals surface area (Å²) in [7, 11) is 1.69. The van der Waals surface area contributed by atoms with E-state index >= 15 is 0 Å². The van der Waals surface area contributed by atoms with Gasteiger partial charge >= 0.3 is 0 Å². The van der Waals surface area contributed by atoms with Gasteiger partial charge in [0, 0.05) is 50.7 Å². The van der Waals surface area contributed by atoms with Gasteiger partial charge in [0.15, 0.2) is 17.3 Å². The summed E-state index contributed by atoms with van der Waals surface area (Å²) < 4.78 is 14.7. The van der Waals surface area contributed by atoms with Crippen molar-refractivity contribution in [2.75, 3.05) is 44.7 Å². The predicted octanol–water partition coefficient (Wildman–Crippen LogP) is 0.558. The van der Waals surface area contributed by atoms with Gasteiger partial charge in [-0.2, -0.15) is 0 Å². The normalized spacial score (nSPS) is 25.9. The highest BCUT2D eigenvalue weighted by molar-refractivity contribution is 5.78. The summed E-state index contributed by atoms with van der Waals surface area (Å²) in [6.45, 7) is 3.73. The minimum Gasteiger partial charge on any atom is -0.366 e. The van der Waals surface area contributed by atoms with Crippen molar-refractivity contribution in [2.24, 2.45) is 5.92 Å². The number of hydroxylamine groups is 2. The molecule has 2 N–H and O–H groups in total. The topological polar surface area (TPSA) is 87.8 Å². The quantitative estimate of drug-likeness (QED) is 0.721. The molecule has 0 radical (unpaired) electrons. The van der Waals surface area contributed by atoms with Crippen molar-refractivity contribution < 1.29 is 28.5 Å². The van der Waals surface area contributed by atoms with Crippen LogP contribution in [0.15, 0.2) is 12.1 Å². The Morgan fingerprint density at radius 2 is 1.90 bits per heavy atom. The highest BCUT2D eigenvalue weighted by Crippen LogP contribution is 2.41. The minimum atomic E-state index is -0.497. The average Bonchev–Trinajstić information content (AvgIpc) is 3.16. The maximum absolute atomic E-state index is 14.7. The third-order valence-corrected chi connectivity index (χ3v) is 6.20. The van der Waals surface area contributed by atoms with Crippen LogP contribution in [0, 0.1) is 11.7 Å². The van der Waals surface area contributed by atoms with Crippen LogP contribution in [0.4, 0.5) is 10.1 Å². The molecule has 3 fully saturated rings. The van der Waals surface area contributed by atoms with Gasteiger partial charge < -0.3 is 19.9 Å². The maximum atomic E-state index is 14.7. The Labute approximate surface area is 173 Å². The molecule has 5 rings (SSSR count). The van der Waals surface area contributed by atoms with E-state index in [9.17, 15) is 9.18 Å². The number of rotatable bonds is 4. The molecule has 3 saturated heterocycles. The van der Waals surface area contributed by atoms with Crippen LogP contribution in [0.1, 0.15) is 19.3 Å². The molecular weight excluding hydrogens is 397 g/mol. The summed E-state index contributed by atoms with van der Waals surface area (Å²) >= 11 is 0. The Kier molecular flexibility index (Phi) is 5.37. The monoisotopic (exact) mass is 423 g/mol. The molecule has 4 aliphatic rings. The molecule has 1 aromatic carbocycles. The van der Waals surface area contributed by atoms with E-state index < -0.39 is 6.23 Å². The Morgan fingerprint density at radius 3 is 2.57 bits per heavy atom. The molecule has 11 heteroatoms. The number of nitrogens with one attached hydrogen (secondary N) is 2. The number of nitrogens with zero attached hydrogens (tertiary/aromatic N) is 3. The summed E-state index contributed by atoms with van der Waals surface area (Å²) in [6.07, 6.45) is 1.78. The lowest BCUT2D eigenvalue weighted by Crippen LogP contribution is -2.61.